The fourth-order valence-corrected chi connectivity index (χ4v) is 1.90. The summed E-state index contributed by atoms with van der Waals surface area (Å²) >= 11 is 0. The molecule has 0 bridgehead atoms. The minimum absolute atomic E-state index is 0.993. The van der Waals surface area contributed by atoms with Gasteiger partial charge in [-0.1, -0.05) is 26.0 Å². The lowest BCUT2D eigenvalue weighted by Gasteiger charge is -2.21. The molecule has 0 aliphatic carbocycles. The second kappa shape index (κ2) is 7.17. The largest absolute Gasteiger partial charge is 0.382 e. The summed E-state index contributed by atoms with van der Waals surface area (Å²) in [4.78, 5) is 4.56. The van der Waals surface area contributed by atoms with E-state index in [1.165, 1.54) is 11.4 Å². The molecule has 1 aromatic carbocycles. The third-order valence-corrected chi connectivity index (χ3v) is 3.02. The lowest BCUT2D eigenvalue weighted by Crippen LogP contribution is -2.28. The van der Waals surface area contributed by atoms with Gasteiger partial charge < -0.3 is 15.1 Å². The van der Waals surface area contributed by atoms with Crippen LogP contribution in [0.15, 0.2) is 24.3 Å². The van der Waals surface area contributed by atoms with Gasteiger partial charge in [0.2, 0.25) is 0 Å². The minimum Gasteiger partial charge on any atom is -0.382 e. The Balaban J connectivity index is 2.51. The fraction of sp³-hybridized carbons (Fsp3) is 0.571. The summed E-state index contributed by atoms with van der Waals surface area (Å²) in [6.45, 7) is 8.73. The number of para-hydroxylation sites is 2. The first-order chi connectivity index (χ1) is 8.19. The van der Waals surface area contributed by atoms with Crippen LogP contribution in [0.2, 0.25) is 0 Å². The highest BCUT2D eigenvalue weighted by molar-refractivity contribution is 5.69. The molecule has 0 saturated heterocycles. The SMILES string of the molecule is CCN(CC)CCNc1ccccc1N(C)C. The van der Waals surface area contributed by atoms with Gasteiger partial charge in [-0.2, -0.15) is 0 Å². The van der Waals surface area contributed by atoms with E-state index in [1.54, 1.807) is 0 Å². The smallest absolute Gasteiger partial charge is 0.0596 e. The van der Waals surface area contributed by atoms with Gasteiger partial charge >= 0.3 is 0 Å². The zero-order valence-corrected chi connectivity index (χ0v) is 11.5. The van der Waals surface area contributed by atoms with Crippen molar-refractivity contribution in [1.82, 2.24) is 4.90 Å². The number of hydrogen-bond donors (Lipinski definition) is 1. The van der Waals surface area contributed by atoms with Crippen molar-refractivity contribution in [2.45, 2.75) is 13.8 Å². The lowest BCUT2D eigenvalue weighted by molar-refractivity contribution is 0.316. The molecular weight excluding hydrogens is 210 g/mol. The number of nitrogens with zero attached hydrogens (tertiary/aromatic N) is 2. The molecule has 96 valence electrons. The molecule has 1 aromatic rings. The fourth-order valence-electron chi connectivity index (χ4n) is 1.90. The Morgan fingerprint density at radius 2 is 1.71 bits per heavy atom. The Labute approximate surface area is 105 Å². The quantitative estimate of drug-likeness (QED) is 0.783. The van der Waals surface area contributed by atoms with Crippen LogP contribution in [0.3, 0.4) is 0 Å². The van der Waals surface area contributed by atoms with Crippen LogP contribution < -0.4 is 10.2 Å². The normalized spacial score (nSPS) is 10.6. The van der Waals surface area contributed by atoms with Crippen molar-refractivity contribution in [1.29, 1.82) is 0 Å². The first kappa shape index (κ1) is 13.8. The second-order valence-electron chi connectivity index (χ2n) is 4.37. The third kappa shape index (κ3) is 4.27. The van der Waals surface area contributed by atoms with Crippen LogP contribution in [-0.4, -0.2) is 45.2 Å². The average Bonchev–Trinajstić information content (AvgIpc) is 2.35. The Bertz CT molecular complexity index is 319. The molecule has 0 atom stereocenters. The first-order valence-electron chi connectivity index (χ1n) is 6.41. The molecule has 1 rings (SSSR count). The lowest BCUT2D eigenvalue weighted by atomic mass is 10.2. The summed E-state index contributed by atoms with van der Waals surface area (Å²) in [5.74, 6) is 0. The number of rotatable bonds is 7. The van der Waals surface area contributed by atoms with E-state index in [4.69, 9.17) is 0 Å². The van der Waals surface area contributed by atoms with Gasteiger partial charge in [-0.05, 0) is 25.2 Å². The Morgan fingerprint density at radius 3 is 2.29 bits per heavy atom. The van der Waals surface area contributed by atoms with Crippen LogP contribution in [0.4, 0.5) is 11.4 Å². The molecule has 3 nitrogen and oxygen atoms in total. The molecule has 0 radical (unpaired) electrons. The zero-order valence-electron chi connectivity index (χ0n) is 11.5. The van der Waals surface area contributed by atoms with E-state index in [0.717, 1.165) is 26.2 Å². The zero-order chi connectivity index (χ0) is 12.7. The van der Waals surface area contributed by atoms with E-state index in [0.29, 0.717) is 0 Å². The molecule has 0 aliphatic rings. The molecule has 0 heterocycles. The van der Waals surface area contributed by atoms with Crippen molar-refractivity contribution in [2.75, 3.05) is 50.5 Å². The topological polar surface area (TPSA) is 18.5 Å². The van der Waals surface area contributed by atoms with Crippen LogP contribution in [0.25, 0.3) is 0 Å². The molecule has 1 N–H and O–H groups in total. The molecule has 0 aliphatic heterocycles. The van der Waals surface area contributed by atoms with Crippen molar-refractivity contribution in [3.63, 3.8) is 0 Å². The Hall–Kier alpha value is -1.22. The Kier molecular flexibility index (Phi) is 5.84. The maximum absolute atomic E-state index is 3.51. The maximum atomic E-state index is 3.51. The minimum atomic E-state index is 0.993. The number of likely N-dealkylation sites (N-methyl/N-ethyl adjacent to an activating group) is 1. The summed E-state index contributed by atoms with van der Waals surface area (Å²) in [7, 11) is 4.15. The number of benzene rings is 1. The van der Waals surface area contributed by atoms with Gasteiger partial charge in [-0.25, -0.2) is 0 Å². The van der Waals surface area contributed by atoms with Crippen LogP contribution >= 0.6 is 0 Å². The van der Waals surface area contributed by atoms with E-state index in [1.807, 2.05) is 0 Å². The molecule has 17 heavy (non-hydrogen) atoms. The van der Waals surface area contributed by atoms with Crippen molar-refractivity contribution in [2.24, 2.45) is 0 Å². The summed E-state index contributed by atoms with van der Waals surface area (Å²) in [5, 5.41) is 3.51. The summed E-state index contributed by atoms with van der Waals surface area (Å²) in [6, 6.07) is 8.43. The molecule has 3 heteroatoms. The highest BCUT2D eigenvalue weighted by Crippen LogP contribution is 2.22. The number of nitrogens with one attached hydrogen (secondary N) is 1. The molecule has 0 amide bonds. The van der Waals surface area contributed by atoms with E-state index < -0.39 is 0 Å². The highest BCUT2D eigenvalue weighted by Gasteiger charge is 2.03. The van der Waals surface area contributed by atoms with E-state index in [9.17, 15) is 0 Å². The van der Waals surface area contributed by atoms with Gasteiger partial charge in [0.1, 0.15) is 0 Å². The maximum Gasteiger partial charge on any atom is 0.0596 e. The molecule has 0 unspecified atom stereocenters. The molecule has 0 saturated carbocycles. The first-order valence-corrected chi connectivity index (χ1v) is 6.41. The monoisotopic (exact) mass is 235 g/mol. The number of hydrogen-bond acceptors (Lipinski definition) is 3. The number of anilines is 2. The molecule has 0 spiro atoms. The molecular formula is C14H25N3. The van der Waals surface area contributed by atoms with Crippen LogP contribution in [0, 0.1) is 0 Å². The van der Waals surface area contributed by atoms with Gasteiger partial charge in [0, 0.05) is 27.2 Å². The van der Waals surface area contributed by atoms with Gasteiger partial charge in [0.05, 0.1) is 11.4 Å². The van der Waals surface area contributed by atoms with E-state index in [-0.39, 0.29) is 0 Å². The van der Waals surface area contributed by atoms with E-state index in [2.05, 4.69) is 67.3 Å². The molecule has 0 fully saturated rings. The summed E-state index contributed by atoms with van der Waals surface area (Å²) < 4.78 is 0. The third-order valence-electron chi connectivity index (χ3n) is 3.02. The van der Waals surface area contributed by atoms with Gasteiger partial charge in [-0.3, -0.25) is 0 Å². The van der Waals surface area contributed by atoms with Crippen molar-refractivity contribution in [3.05, 3.63) is 24.3 Å². The van der Waals surface area contributed by atoms with Crippen molar-refractivity contribution in [3.8, 4) is 0 Å². The van der Waals surface area contributed by atoms with Gasteiger partial charge in [-0.15, -0.1) is 0 Å². The summed E-state index contributed by atoms with van der Waals surface area (Å²) in [6.07, 6.45) is 0. The van der Waals surface area contributed by atoms with Crippen LogP contribution in [-0.2, 0) is 0 Å². The van der Waals surface area contributed by atoms with Crippen LogP contribution in [0.1, 0.15) is 13.8 Å². The second-order valence-corrected chi connectivity index (χ2v) is 4.37. The summed E-state index contributed by atoms with van der Waals surface area (Å²) in [5.41, 5.74) is 2.46. The van der Waals surface area contributed by atoms with Crippen LogP contribution in [0.5, 0.6) is 0 Å². The average molecular weight is 235 g/mol. The predicted molar refractivity (Wildman–Crippen MR) is 77.0 cm³/mol. The molecule has 0 aromatic heterocycles. The van der Waals surface area contributed by atoms with Gasteiger partial charge in [0.15, 0.2) is 0 Å². The van der Waals surface area contributed by atoms with Crippen molar-refractivity contribution < 1.29 is 0 Å². The Morgan fingerprint density at radius 1 is 1.06 bits per heavy atom. The standard InChI is InChI=1S/C14H25N3/c1-5-17(6-2)12-11-15-13-9-7-8-10-14(13)16(3)4/h7-10,15H,5-6,11-12H2,1-4H3. The predicted octanol–water partition coefficient (Wildman–Crippen LogP) is 2.51. The van der Waals surface area contributed by atoms with Gasteiger partial charge in [0.25, 0.3) is 0 Å². The van der Waals surface area contributed by atoms with Crippen molar-refractivity contribution >= 4 is 11.4 Å². The van der Waals surface area contributed by atoms with E-state index >= 15 is 0 Å². The highest BCUT2D eigenvalue weighted by atomic mass is 15.1.